The molecule has 2 fully saturated rings. The van der Waals surface area contributed by atoms with E-state index in [1.807, 2.05) is 4.90 Å². The second kappa shape index (κ2) is 12.0. The van der Waals surface area contributed by atoms with Crippen LogP contribution in [0.5, 0.6) is 11.5 Å². The van der Waals surface area contributed by atoms with E-state index in [1.165, 1.54) is 6.07 Å². The Kier molecular flexibility index (Phi) is 8.13. The van der Waals surface area contributed by atoms with Gasteiger partial charge >= 0.3 is 12.8 Å². The SMILES string of the molecule is COc1cc(F)c(-c2c(NC(=O)c3ccc(OC(F)F)cc3)c(=O)n(-c3nc(N(C4CC4)C4CC4)ccc3C(F)(F)F)n2C)c(F)c1. The molecule has 2 aliphatic rings. The zero-order valence-corrected chi connectivity index (χ0v) is 24.7. The van der Waals surface area contributed by atoms with Crippen LogP contribution < -0.4 is 25.2 Å². The highest BCUT2D eigenvalue weighted by molar-refractivity contribution is 6.06. The lowest BCUT2D eigenvalue weighted by molar-refractivity contribution is -0.137. The van der Waals surface area contributed by atoms with E-state index >= 15 is 8.78 Å². The number of methoxy groups -OCH3 is 1. The lowest BCUT2D eigenvalue weighted by Gasteiger charge is -2.25. The van der Waals surface area contributed by atoms with Crippen LogP contribution in [0.3, 0.4) is 0 Å². The van der Waals surface area contributed by atoms with E-state index in [2.05, 4.69) is 15.0 Å². The number of amides is 1. The first-order valence-electron chi connectivity index (χ1n) is 14.4. The summed E-state index contributed by atoms with van der Waals surface area (Å²) in [6.45, 7) is -3.14. The molecule has 2 aliphatic carbocycles. The van der Waals surface area contributed by atoms with Crippen LogP contribution in [0.4, 0.5) is 42.2 Å². The van der Waals surface area contributed by atoms with Crippen molar-refractivity contribution < 1.29 is 45.0 Å². The number of hydrogen-bond acceptors (Lipinski definition) is 6. The first-order chi connectivity index (χ1) is 22.3. The van der Waals surface area contributed by atoms with Crippen molar-refractivity contribution in [3.05, 3.63) is 81.6 Å². The summed E-state index contributed by atoms with van der Waals surface area (Å²) in [5.41, 5.74) is -4.99. The molecule has 47 heavy (non-hydrogen) atoms. The van der Waals surface area contributed by atoms with Crippen molar-refractivity contribution in [1.82, 2.24) is 14.3 Å². The largest absolute Gasteiger partial charge is 0.497 e. The minimum atomic E-state index is -5.00. The summed E-state index contributed by atoms with van der Waals surface area (Å²) in [6.07, 6.45) is -1.71. The predicted molar refractivity (Wildman–Crippen MR) is 155 cm³/mol. The topological polar surface area (TPSA) is 90.6 Å². The summed E-state index contributed by atoms with van der Waals surface area (Å²) in [5, 5.41) is 2.25. The number of carbonyl (C=O) groups excluding carboxylic acids is 1. The van der Waals surface area contributed by atoms with E-state index in [0.717, 1.165) is 87.0 Å². The molecule has 0 saturated heterocycles. The van der Waals surface area contributed by atoms with Crippen LogP contribution in [-0.4, -0.2) is 46.1 Å². The van der Waals surface area contributed by atoms with Crippen LogP contribution in [0.2, 0.25) is 0 Å². The Morgan fingerprint density at radius 3 is 2.09 bits per heavy atom. The molecule has 16 heteroatoms. The predicted octanol–water partition coefficient (Wildman–Crippen LogP) is 6.53. The summed E-state index contributed by atoms with van der Waals surface area (Å²) in [6, 6.07) is 8.04. The molecule has 2 saturated carbocycles. The van der Waals surface area contributed by atoms with E-state index in [-0.39, 0.29) is 35.0 Å². The summed E-state index contributed by atoms with van der Waals surface area (Å²) >= 11 is 0. The average Bonchev–Trinajstić information content (AvgIpc) is 3.94. The molecule has 1 amide bonds. The van der Waals surface area contributed by atoms with E-state index in [9.17, 15) is 31.5 Å². The van der Waals surface area contributed by atoms with Gasteiger partial charge in [0.25, 0.3) is 11.5 Å². The normalized spacial score (nSPS) is 14.8. The van der Waals surface area contributed by atoms with Crippen LogP contribution in [0, 0.1) is 11.6 Å². The van der Waals surface area contributed by atoms with Gasteiger partial charge in [-0.05, 0) is 62.1 Å². The molecule has 6 rings (SSSR count). The maximum atomic E-state index is 15.5. The standard InChI is InChI=1S/C31H26F7N5O4/c1-41-26(24-21(32)13-19(46-2)14-22(24)33)25(40-28(44)15-3-9-18(10-4-15)47-30(34)35)29(45)43(41)27-20(31(36,37)38)11-12-23(39-27)42(16-5-6-16)17-7-8-17/h3-4,9-14,16-17,30H,5-8H2,1-2H3,(H,40,44). The highest BCUT2D eigenvalue weighted by atomic mass is 19.4. The molecule has 2 heterocycles. The monoisotopic (exact) mass is 665 g/mol. The van der Waals surface area contributed by atoms with Crippen molar-refractivity contribution >= 4 is 17.4 Å². The lowest BCUT2D eigenvalue weighted by Crippen LogP contribution is -2.31. The second-order valence-corrected chi connectivity index (χ2v) is 11.1. The van der Waals surface area contributed by atoms with Gasteiger partial charge in [0.15, 0.2) is 5.82 Å². The third-order valence-electron chi connectivity index (χ3n) is 7.85. The number of ether oxygens (including phenoxy) is 2. The molecule has 0 radical (unpaired) electrons. The van der Waals surface area contributed by atoms with Gasteiger partial charge in [-0.2, -0.15) is 26.6 Å². The van der Waals surface area contributed by atoms with Crippen molar-refractivity contribution in [3.8, 4) is 28.6 Å². The van der Waals surface area contributed by atoms with Gasteiger partial charge < -0.3 is 19.7 Å². The Morgan fingerprint density at radius 2 is 1.57 bits per heavy atom. The van der Waals surface area contributed by atoms with Gasteiger partial charge in [0.05, 0.1) is 12.7 Å². The molecule has 9 nitrogen and oxygen atoms in total. The summed E-state index contributed by atoms with van der Waals surface area (Å²) < 4.78 is 110. The van der Waals surface area contributed by atoms with E-state index in [0.29, 0.717) is 4.68 Å². The minimum absolute atomic E-state index is 0.0788. The Balaban J connectivity index is 1.54. The maximum Gasteiger partial charge on any atom is 0.420 e. The minimum Gasteiger partial charge on any atom is -0.497 e. The van der Waals surface area contributed by atoms with Gasteiger partial charge in [0, 0.05) is 36.8 Å². The number of rotatable bonds is 10. The first kappa shape index (κ1) is 31.9. The smallest absolute Gasteiger partial charge is 0.420 e. The van der Waals surface area contributed by atoms with Gasteiger partial charge in [0.1, 0.15) is 45.9 Å². The van der Waals surface area contributed by atoms with Gasteiger partial charge in [-0.15, -0.1) is 0 Å². The highest BCUT2D eigenvalue weighted by Gasteiger charge is 2.42. The van der Waals surface area contributed by atoms with Gasteiger partial charge in [0.2, 0.25) is 0 Å². The summed E-state index contributed by atoms with van der Waals surface area (Å²) in [5.74, 6) is -4.69. The number of aromatic nitrogens is 3. The molecule has 0 unspecified atom stereocenters. The van der Waals surface area contributed by atoms with Crippen LogP contribution in [-0.2, 0) is 13.2 Å². The Hall–Kier alpha value is -5.02. The van der Waals surface area contributed by atoms with E-state index < -0.39 is 64.2 Å². The van der Waals surface area contributed by atoms with E-state index in [1.54, 1.807) is 0 Å². The number of benzene rings is 2. The van der Waals surface area contributed by atoms with Gasteiger partial charge in [-0.3, -0.25) is 14.3 Å². The molecule has 2 aromatic heterocycles. The van der Waals surface area contributed by atoms with Crippen LogP contribution in [0.1, 0.15) is 41.6 Å². The molecule has 0 atom stereocenters. The zero-order chi connectivity index (χ0) is 33.8. The molecular formula is C31H26F7N5O4. The number of hydrogen-bond donors (Lipinski definition) is 1. The van der Waals surface area contributed by atoms with Gasteiger partial charge in [-0.25, -0.2) is 13.8 Å². The Morgan fingerprint density at radius 1 is 0.979 bits per heavy atom. The number of pyridine rings is 1. The molecule has 4 aromatic rings. The van der Waals surface area contributed by atoms with Crippen LogP contribution in [0.15, 0.2) is 53.3 Å². The number of halogens is 7. The molecule has 1 N–H and O–H groups in total. The molecule has 0 aliphatic heterocycles. The average molecular weight is 666 g/mol. The fourth-order valence-corrected chi connectivity index (χ4v) is 5.45. The fraction of sp³-hybridized carbons (Fsp3) is 0.323. The fourth-order valence-electron chi connectivity index (χ4n) is 5.45. The number of carbonyl (C=O) groups is 1. The molecule has 0 bridgehead atoms. The Labute approximate surface area is 262 Å². The summed E-state index contributed by atoms with van der Waals surface area (Å²) in [7, 11) is 2.26. The quantitative estimate of drug-likeness (QED) is 0.194. The lowest BCUT2D eigenvalue weighted by atomic mass is 10.1. The number of nitrogens with one attached hydrogen (secondary N) is 1. The van der Waals surface area contributed by atoms with E-state index in [4.69, 9.17) is 4.74 Å². The highest BCUT2D eigenvalue weighted by Crippen LogP contribution is 2.42. The van der Waals surface area contributed by atoms with Crippen molar-refractivity contribution in [1.29, 1.82) is 0 Å². The number of anilines is 2. The van der Waals surface area contributed by atoms with Crippen molar-refractivity contribution in [2.75, 3.05) is 17.3 Å². The molecule has 248 valence electrons. The maximum absolute atomic E-state index is 15.5. The van der Waals surface area contributed by atoms with Gasteiger partial charge in [-0.1, -0.05) is 0 Å². The number of alkyl halides is 5. The van der Waals surface area contributed by atoms with Crippen molar-refractivity contribution in [3.63, 3.8) is 0 Å². The second-order valence-electron chi connectivity index (χ2n) is 11.1. The summed E-state index contributed by atoms with van der Waals surface area (Å²) in [4.78, 5) is 33.6. The third kappa shape index (κ3) is 6.23. The zero-order valence-electron chi connectivity index (χ0n) is 24.7. The Bertz CT molecular complexity index is 1860. The molecule has 2 aromatic carbocycles. The van der Waals surface area contributed by atoms with Crippen molar-refractivity contribution in [2.45, 2.75) is 50.6 Å². The number of nitrogens with zero attached hydrogens (tertiary/aromatic N) is 4. The molecular weight excluding hydrogens is 639 g/mol. The van der Waals surface area contributed by atoms with Crippen LogP contribution in [0.25, 0.3) is 17.1 Å². The first-order valence-corrected chi connectivity index (χ1v) is 14.4. The third-order valence-corrected chi connectivity index (χ3v) is 7.85. The van der Waals surface area contributed by atoms with Crippen LogP contribution >= 0.6 is 0 Å². The van der Waals surface area contributed by atoms with Crippen molar-refractivity contribution in [2.24, 2.45) is 7.05 Å². The molecule has 0 spiro atoms.